The molecule has 1 aromatic heterocycles. The van der Waals surface area contributed by atoms with E-state index in [0.717, 1.165) is 11.3 Å². The monoisotopic (exact) mass is 374 g/mol. The maximum atomic E-state index is 12.5. The molecule has 8 heteroatoms. The smallest absolute Gasteiger partial charge is 0.313 e. The lowest BCUT2D eigenvalue weighted by Crippen LogP contribution is -2.58. The molecule has 1 fully saturated rings. The highest BCUT2D eigenvalue weighted by Crippen LogP contribution is 2.27. The third-order valence-electron chi connectivity index (χ3n) is 4.52. The van der Waals surface area contributed by atoms with E-state index < -0.39 is 6.03 Å². The number of nitrogens with two attached hydrogens (primary N) is 1. The van der Waals surface area contributed by atoms with Crippen LogP contribution >= 0.6 is 11.3 Å². The number of ether oxygens (including phenoxy) is 1. The summed E-state index contributed by atoms with van der Waals surface area (Å²) in [6.45, 7) is 0.603. The Balaban J connectivity index is 1.78. The van der Waals surface area contributed by atoms with Gasteiger partial charge < -0.3 is 21.1 Å². The van der Waals surface area contributed by atoms with Crippen molar-refractivity contribution in [3.8, 4) is 5.75 Å². The maximum Gasteiger partial charge on any atom is 0.313 e. The average molecular weight is 374 g/mol. The van der Waals surface area contributed by atoms with Crippen LogP contribution in [-0.4, -0.2) is 37.8 Å². The fourth-order valence-corrected chi connectivity index (χ4v) is 3.84. The average Bonchev–Trinajstić information content (AvgIpc) is 3.16. The summed E-state index contributed by atoms with van der Waals surface area (Å²) in [6, 6.07) is 8.86. The summed E-state index contributed by atoms with van der Waals surface area (Å²) in [5.74, 6) is 0.730. The van der Waals surface area contributed by atoms with E-state index in [-0.39, 0.29) is 24.0 Å². The van der Waals surface area contributed by atoms with E-state index in [1.54, 1.807) is 13.2 Å². The van der Waals surface area contributed by atoms with E-state index in [2.05, 4.69) is 16.0 Å². The second-order valence-corrected chi connectivity index (χ2v) is 6.96. The number of rotatable bonds is 5. The summed E-state index contributed by atoms with van der Waals surface area (Å²) in [5.41, 5.74) is 6.96. The number of piperidine rings is 1. The number of nitrogens with one attached hydrogen (secondary N) is 3. The fourth-order valence-electron chi connectivity index (χ4n) is 3.20. The molecule has 2 aromatic rings. The Morgan fingerprint density at radius 1 is 1.23 bits per heavy atom. The number of carbonyl (C=O) groups excluding carboxylic acids is 2. The van der Waals surface area contributed by atoms with Gasteiger partial charge in [-0.2, -0.15) is 11.3 Å². The zero-order valence-corrected chi connectivity index (χ0v) is 15.2. The van der Waals surface area contributed by atoms with Crippen molar-refractivity contribution in [2.24, 2.45) is 5.73 Å². The van der Waals surface area contributed by atoms with Crippen molar-refractivity contribution in [2.75, 3.05) is 13.7 Å². The lowest BCUT2D eigenvalue weighted by atomic mass is 9.85. The van der Waals surface area contributed by atoms with Crippen LogP contribution in [0.25, 0.3) is 0 Å². The van der Waals surface area contributed by atoms with Crippen molar-refractivity contribution >= 4 is 23.3 Å². The van der Waals surface area contributed by atoms with Crippen LogP contribution in [0.5, 0.6) is 5.75 Å². The third-order valence-corrected chi connectivity index (χ3v) is 5.20. The van der Waals surface area contributed by atoms with Crippen molar-refractivity contribution in [3.63, 3.8) is 0 Å². The first-order chi connectivity index (χ1) is 12.6. The minimum absolute atomic E-state index is 0.0643. The van der Waals surface area contributed by atoms with Gasteiger partial charge in [-0.1, -0.05) is 12.1 Å². The van der Waals surface area contributed by atoms with Gasteiger partial charge in [0, 0.05) is 35.9 Å². The zero-order valence-electron chi connectivity index (χ0n) is 14.4. The van der Waals surface area contributed by atoms with E-state index in [9.17, 15) is 9.59 Å². The molecule has 3 amide bonds. The molecule has 0 spiro atoms. The van der Waals surface area contributed by atoms with E-state index in [1.807, 2.05) is 35.0 Å². The van der Waals surface area contributed by atoms with Gasteiger partial charge in [0.05, 0.1) is 13.3 Å². The summed E-state index contributed by atoms with van der Waals surface area (Å²) in [4.78, 5) is 23.7. The number of benzene rings is 1. The SMILES string of the molecule is COc1ccc(C2CNC(NC(N)=O)CC2NC(=O)c2ccsc2)cc1. The molecule has 0 aliphatic carbocycles. The van der Waals surface area contributed by atoms with E-state index in [4.69, 9.17) is 10.5 Å². The van der Waals surface area contributed by atoms with E-state index in [0.29, 0.717) is 18.5 Å². The Labute approximate surface area is 155 Å². The van der Waals surface area contributed by atoms with Gasteiger partial charge in [0.1, 0.15) is 5.75 Å². The molecule has 7 nitrogen and oxygen atoms in total. The summed E-state index contributed by atoms with van der Waals surface area (Å²) >= 11 is 1.48. The standard InChI is InChI=1S/C18H22N4O3S/c1-25-13-4-2-11(3-5-13)14-9-20-16(22-18(19)24)8-15(14)21-17(23)12-6-7-26-10-12/h2-7,10,14-16,20H,8-9H2,1H3,(H,21,23)(H3,19,22,24). The van der Waals surface area contributed by atoms with Crippen LogP contribution in [0.3, 0.4) is 0 Å². The number of thiophene rings is 1. The first-order valence-corrected chi connectivity index (χ1v) is 9.27. The molecule has 0 bridgehead atoms. The highest BCUT2D eigenvalue weighted by atomic mass is 32.1. The Morgan fingerprint density at radius 3 is 2.62 bits per heavy atom. The van der Waals surface area contributed by atoms with E-state index in [1.165, 1.54) is 11.3 Å². The number of urea groups is 1. The molecule has 3 unspecified atom stereocenters. The summed E-state index contributed by atoms with van der Waals surface area (Å²) in [5, 5.41) is 12.7. The first kappa shape index (κ1) is 18.2. The van der Waals surface area contributed by atoms with Crippen LogP contribution in [0, 0.1) is 0 Å². The number of hydrogen-bond donors (Lipinski definition) is 4. The number of methoxy groups -OCH3 is 1. The number of hydrogen-bond acceptors (Lipinski definition) is 5. The minimum Gasteiger partial charge on any atom is -0.497 e. The van der Waals surface area contributed by atoms with Crippen LogP contribution in [0.15, 0.2) is 41.1 Å². The van der Waals surface area contributed by atoms with Gasteiger partial charge in [-0.25, -0.2) is 4.79 Å². The van der Waals surface area contributed by atoms with Gasteiger partial charge in [-0.05, 0) is 29.1 Å². The van der Waals surface area contributed by atoms with Gasteiger partial charge >= 0.3 is 6.03 Å². The first-order valence-electron chi connectivity index (χ1n) is 8.33. The summed E-state index contributed by atoms with van der Waals surface area (Å²) in [6.07, 6.45) is 0.255. The van der Waals surface area contributed by atoms with Crippen LogP contribution < -0.4 is 26.4 Å². The van der Waals surface area contributed by atoms with Gasteiger partial charge in [0.2, 0.25) is 0 Å². The van der Waals surface area contributed by atoms with Crippen molar-refractivity contribution < 1.29 is 14.3 Å². The predicted molar refractivity (Wildman–Crippen MR) is 100 cm³/mol. The molecule has 0 radical (unpaired) electrons. The number of primary amides is 1. The molecule has 3 rings (SSSR count). The molecule has 138 valence electrons. The van der Waals surface area contributed by atoms with E-state index >= 15 is 0 Å². The molecule has 1 aliphatic heterocycles. The van der Waals surface area contributed by atoms with Crippen LogP contribution in [-0.2, 0) is 0 Å². The lowest BCUT2D eigenvalue weighted by molar-refractivity contribution is 0.0915. The second-order valence-electron chi connectivity index (χ2n) is 6.18. The summed E-state index contributed by atoms with van der Waals surface area (Å²) < 4.78 is 5.21. The molecule has 5 N–H and O–H groups in total. The third kappa shape index (κ3) is 4.33. The number of carbonyl (C=O) groups is 2. The molecular weight excluding hydrogens is 352 g/mol. The Hall–Kier alpha value is -2.58. The van der Waals surface area contributed by atoms with Crippen LogP contribution in [0.1, 0.15) is 28.3 Å². The fraction of sp³-hybridized carbons (Fsp3) is 0.333. The predicted octanol–water partition coefficient (Wildman–Crippen LogP) is 1.63. The largest absolute Gasteiger partial charge is 0.497 e. The molecule has 1 aromatic carbocycles. The zero-order chi connectivity index (χ0) is 18.5. The minimum atomic E-state index is -0.590. The Morgan fingerprint density at radius 2 is 2.00 bits per heavy atom. The molecule has 3 atom stereocenters. The Kier molecular flexibility index (Phi) is 5.75. The molecule has 26 heavy (non-hydrogen) atoms. The molecule has 2 heterocycles. The maximum absolute atomic E-state index is 12.5. The van der Waals surface area contributed by atoms with Gasteiger partial charge in [0.25, 0.3) is 5.91 Å². The summed E-state index contributed by atoms with van der Waals surface area (Å²) in [7, 11) is 1.63. The lowest BCUT2D eigenvalue weighted by Gasteiger charge is -2.37. The van der Waals surface area contributed by atoms with Gasteiger partial charge in [-0.15, -0.1) is 0 Å². The van der Waals surface area contributed by atoms with Crippen LogP contribution in [0.2, 0.25) is 0 Å². The molecule has 1 aliphatic rings. The van der Waals surface area contributed by atoms with Gasteiger partial charge in [-0.3, -0.25) is 10.1 Å². The van der Waals surface area contributed by atoms with Crippen molar-refractivity contribution in [1.82, 2.24) is 16.0 Å². The normalized spacial score (nSPS) is 22.4. The van der Waals surface area contributed by atoms with Crippen LogP contribution in [0.4, 0.5) is 4.79 Å². The number of amides is 3. The quantitative estimate of drug-likeness (QED) is 0.638. The topological polar surface area (TPSA) is 105 Å². The highest BCUT2D eigenvalue weighted by molar-refractivity contribution is 7.08. The second kappa shape index (κ2) is 8.20. The highest BCUT2D eigenvalue weighted by Gasteiger charge is 2.33. The Bertz CT molecular complexity index is 748. The molecule has 0 saturated carbocycles. The molecule has 1 saturated heterocycles. The van der Waals surface area contributed by atoms with Gasteiger partial charge in [0.15, 0.2) is 0 Å². The molecular formula is C18H22N4O3S. The van der Waals surface area contributed by atoms with Crippen molar-refractivity contribution in [3.05, 3.63) is 52.2 Å². The van der Waals surface area contributed by atoms with Crippen molar-refractivity contribution in [1.29, 1.82) is 0 Å². The van der Waals surface area contributed by atoms with Crippen molar-refractivity contribution in [2.45, 2.75) is 24.5 Å².